The fourth-order valence-corrected chi connectivity index (χ4v) is 2.86. The van der Waals surface area contributed by atoms with E-state index in [1.165, 1.54) is 17.5 Å². The fourth-order valence-electron chi connectivity index (χ4n) is 2.21. The first-order valence-corrected chi connectivity index (χ1v) is 7.12. The number of hydrogen-bond donors (Lipinski definition) is 2. The number of rotatable bonds is 4. The Bertz CT molecular complexity index is 323. The molecule has 3 heteroatoms. The molecule has 0 bridgehead atoms. The lowest BCUT2D eigenvalue weighted by atomic mass is 10.0. The van der Waals surface area contributed by atoms with Crippen LogP contribution in [0.15, 0.2) is 24.3 Å². The molecule has 1 heterocycles. The molecule has 2 nitrogen and oxygen atoms in total. The van der Waals surface area contributed by atoms with Gasteiger partial charge in [0.15, 0.2) is 0 Å². The van der Waals surface area contributed by atoms with Gasteiger partial charge in [0.2, 0.25) is 0 Å². The largest absolute Gasteiger partial charge is 0.316 e. The minimum Gasteiger partial charge on any atom is -0.316 e. The zero-order valence-electron chi connectivity index (χ0n) is 9.99. The van der Waals surface area contributed by atoms with Crippen LogP contribution in [0.1, 0.15) is 23.6 Å². The highest BCUT2D eigenvalue weighted by atomic mass is 32.2. The van der Waals surface area contributed by atoms with E-state index in [0.29, 0.717) is 6.04 Å². The van der Waals surface area contributed by atoms with Crippen molar-refractivity contribution < 1.29 is 0 Å². The summed E-state index contributed by atoms with van der Waals surface area (Å²) >= 11 is 1.97. The smallest absolute Gasteiger partial charge is 0.0331 e. The van der Waals surface area contributed by atoms with Crippen LogP contribution >= 0.6 is 11.8 Å². The topological polar surface area (TPSA) is 24.1 Å². The van der Waals surface area contributed by atoms with Crippen LogP contribution in [0.2, 0.25) is 0 Å². The summed E-state index contributed by atoms with van der Waals surface area (Å²) in [4.78, 5) is 0. The van der Waals surface area contributed by atoms with Gasteiger partial charge in [-0.15, -0.1) is 0 Å². The van der Waals surface area contributed by atoms with E-state index in [1.807, 2.05) is 18.8 Å². The second-order valence-corrected chi connectivity index (χ2v) is 5.46. The minimum absolute atomic E-state index is 0.557. The van der Waals surface area contributed by atoms with Crippen molar-refractivity contribution in [2.75, 3.05) is 19.8 Å². The average molecular weight is 236 g/mol. The molecule has 2 atom stereocenters. The Morgan fingerprint density at radius 2 is 2.12 bits per heavy atom. The van der Waals surface area contributed by atoms with E-state index in [1.54, 1.807) is 0 Å². The highest BCUT2D eigenvalue weighted by molar-refractivity contribution is 7.99. The van der Waals surface area contributed by atoms with Gasteiger partial charge in [-0.25, -0.2) is 0 Å². The van der Waals surface area contributed by atoms with Crippen molar-refractivity contribution in [2.24, 2.45) is 0 Å². The van der Waals surface area contributed by atoms with Crippen LogP contribution < -0.4 is 10.6 Å². The van der Waals surface area contributed by atoms with Gasteiger partial charge in [0, 0.05) is 24.4 Å². The normalized spacial score (nSPS) is 24.9. The highest BCUT2D eigenvalue weighted by Gasteiger charge is 2.24. The zero-order valence-corrected chi connectivity index (χ0v) is 10.8. The summed E-state index contributed by atoms with van der Waals surface area (Å²) < 4.78 is 0. The number of thioether (sulfide) groups is 1. The van der Waals surface area contributed by atoms with Crippen LogP contribution in [0.5, 0.6) is 0 Å². The summed E-state index contributed by atoms with van der Waals surface area (Å²) in [5.41, 5.74) is 2.78. The summed E-state index contributed by atoms with van der Waals surface area (Å²) in [7, 11) is 1.98. The molecule has 1 saturated heterocycles. The van der Waals surface area contributed by atoms with Gasteiger partial charge >= 0.3 is 0 Å². The van der Waals surface area contributed by atoms with Crippen molar-refractivity contribution in [2.45, 2.75) is 24.3 Å². The summed E-state index contributed by atoms with van der Waals surface area (Å²) in [6, 6.07) is 9.51. The van der Waals surface area contributed by atoms with Crippen molar-refractivity contribution in [1.29, 1.82) is 0 Å². The van der Waals surface area contributed by atoms with Gasteiger partial charge < -0.3 is 10.6 Å². The van der Waals surface area contributed by atoms with E-state index >= 15 is 0 Å². The van der Waals surface area contributed by atoms with Crippen molar-refractivity contribution in [3.8, 4) is 0 Å². The molecule has 1 aliphatic rings. The van der Waals surface area contributed by atoms with Gasteiger partial charge in [0.25, 0.3) is 0 Å². The Morgan fingerprint density at radius 3 is 2.69 bits per heavy atom. The van der Waals surface area contributed by atoms with Crippen LogP contribution in [0.25, 0.3) is 0 Å². The van der Waals surface area contributed by atoms with E-state index in [0.717, 1.165) is 18.3 Å². The Hall–Kier alpha value is -0.510. The monoisotopic (exact) mass is 236 g/mol. The number of hydrogen-bond acceptors (Lipinski definition) is 3. The average Bonchev–Trinajstić information content (AvgIpc) is 2.79. The van der Waals surface area contributed by atoms with E-state index in [2.05, 4.69) is 41.2 Å². The maximum Gasteiger partial charge on any atom is 0.0331 e. The maximum absolute atomic E-state index is 3.59. The van der Waals surface area contributed by atoms with Crippen LogP contribution in [-0.4, -0.2) is 25.1 Å². The molecule has 0 spiro atoms. The Balaban J connectivity index is 1.99. The van der Waals surface area contributed by atoms with E-state index in [-0.39, 0.29) is 0 Å². The Morgan fingerprint density at radius 1 is 1.38 bits per heavy atom. The van der Waals surface area contributed by atoms with Crippen LogP contribution in [0.4, 0.5) is 0 Å². The second-order valence-electron chi connectivity index (χ2n) is 4.33. The molecular weight excluding hydrogens is 216 g/mol. The third-order valence-corrected chi connectivity index (χ3v) is 4.21. The lowest BCUT2D eigenvalue weighted by Crippen LogP contribution is -2.14. The summed E-state index contributed by atoms with van der Waals surface area (Å²) in [6.45, 7) is 2.09. The molecule has 1 aromatic carbocycles. The quantitative estimate of drug-likeness (QED) is 0.838. The van der Waals surface area contributed by atoms with Gasteiger partial charge in [-0.1, -0.05) is 24.3 Å². The number of nitrogens with one attached hydrogen (secondary N) is 2. The van der Waals surface area contributed by atoms with Crippen LogP contribution in [0, 0.1) is 0 Å². The molecule has 2 rings (SSSR count). The predicted molar refractivity (Wildman–Crippen MR) is 71.9 cm³/mol. The SMILES string of the molecule is CNCc1ccc(C2CC(SC)CN2)cc1. The molecule has 1 aliphatic heterocycles. The summed E-state index contributed by atoms with van der Waals surface area (Å²) in [6.07, 6.45) is 3.46. The molecule has 0 saturated carbocycles. The predicted octanol–water partition coefficient (Wildman–Crippen LogP) is 2.17. The zero-order chi connectivity index (χ0) is 11.4. The molecule has 16 heavy (non-hydrogen) atoms. The first-order chi connectivity index (χ1) is 7.83. The van der Waals surface area contributed by atoms with Gasteiger partial charge in [-0.2, -0.15) is 11.8 Å². The molecule has 1 aromatic rings. The minimum atomic E-state index is 0.557. The molecule has 2 N–H and O–H groups in total. The van der Waals surface area contributed by atoms with Gasteiger partial charge in [0.1, 0.15) is 0 Å². The van der Waals surface area contributed by atoms with Crippen molar-refractivity contribution in [1.82, 2.24) is 10.6 Å². The fraction of sp³-hybridized carbons (Fsp3) is 0.538. The molecule has 2 unspecified atom stereocenters. The standard InChI is InChI=1S/C13H20N2S/c1-14-8-10-3-5-11(6-4-10)13-7-12(16-2)9-15-13/h3-6,12-15H,7-9H2,1-2H3. The first-order valence-electron chi connectivity index (χ1n) is 5.83. The molecule has 0 amide bonds. The molecule has 0 radical (unpaired) electrons. The Labute approximate surface area is 102 Å². The van der Waals surface area contributed by atoms with E-state index < -0.39 is 0 Å². The van der Waals surface area contributed by atoms with Gasteiger partial charge in [0.05, 0.1) is 0 Å². The summed E-state index contributed by atoms with van der Waals surface area (Å²) in [5.74, 6) is 0. The highest BCUT2D eigenvalue weighted by Crippen LogP contribution is 2.28. The third kappa shape index (κ3) is 2.78. The number of benzene rings is 1. The molecular formula is C13H20N2S. The van der Waals surface area contributed by atoms with Crippen molar-refractivity contribution in [3.05, 3.63) is 35.4 Å². The van der Waals surface area contributed by atoms with Crippen LogP contribution in [-0.2, 0) is 6.54 Å². The van der Waals surface area contributed by atoms with Crippen molar-refractivity contribution in [3.63, 3.8) is 0 Å². The van der Waals surface area contributed by atoms with Crippen LogP contribution in [0.3, 0.4) is 0 Å². The summed E-state index contributed by atoms with van der Waals surface area (Å²) in [5, 5.41) is 7.54. The second kappa shape index (κ2) is 5.71. The third-order valence-electron chi connectivity index (χ3n) is 3.19. The first kappa shape index (κ1) is 12.0. The molecule has 0 aromatic heterocycles. The van der Waals surface area contributed by atoms with Gasteiger partial charge in [-0.3, -0.25) is 0 Å². The molecule has 88 valence electrons. The molecule has 0 aliphatic carbocycles. The van der Waals surface area contributed by atoms with E-state index in [9.17, 15) is 0 Å². The molecule has 1 fully saturated rings. The lowest BCUT2D eigenvalue weighted by Gasteiger charge is -2.11. The lowest BCUT2D eigenvalue weighted by molar-refractivity contribution is 0.647. The Kier molecular flexibility index (Phi) is 4.27. The van der Waals surface area contributed by atoms with E-state index in [4.69, 9.17) is 0 Å². The van der Waals surface area contributed by atoms with Gasteiger partial charge in [-0.05, 0) is 30.9 Å². The van der Waals surface area contributed by atoms with Crippen molar-refractivity contribution >= 4 is 11.8 Å². The maximum atomic E-state index is 3.59.